The number of hydrogen-bond donors (Lipinski definition) is 0. The molecular weight excluding hydrogens is 400 g/mol. The summed E-state index contributed by atoms with van der Waals surface area (Å²) < 4.78 is 7.22. The summed E-state index contributed by atoms with van der Waals surface area (Å²) in [6.07, 6.45) is 4.96. The molecule has 146 valence electrons. The lowest BCUT2D eigenvalue weighted by atomic mass is 10.0. The van der Waals surface area contributed by atoms with E-state index in [4.69, 9.17) is 4.74 Å². The molecule has 0 N–H and O–H groups in total. The highest BCUT2D eigenvalue weighted by Gasteiger charge is 2.12. The van der Waals surface area contributed by atoms with Crippen molar-refractivity contribution in [2.24, 2.45) is 0 Å². The number of likely N-dealkylation sites (N-methyl/N-ethyl adjacent to an activating group) is 1. The number of unbranched alkanes of at least 4 members (excludes halogenated alkanes) is 3. The van der Waals surface area contributed by atoms with Crippen molar-refractivity contribution in [3.63, 3.8) is 0 Å². The first kappa shape index (κ1) is 20.4. The summed E-state index contributed by atoms with van der Waals surface area (Å²) in [5.74, 6) is 0.974. The van der Waals surface area contributed by atoms with E-state index in [0.717, 1.165) is 28.8 Å². The quantitative estimate of drug-likeness (QED) is 0.501. The van der Waals surface area contributed by atoms with Gasteiger partial charge in [0.05, 0.1) is 6.61 Å². The molecule has 1 heterocycles. The second-order valence-electron chi connectivity index (χ2n) is 7.38. The van der Waals surface area contributed by atoms with Crippen LogP contribution in [-0.4, -0.2) is 56.2 Å². The molecule has 1 aliphatic rings. The molecule has 3 rings (SSSR count). The van der Waals surface area contributed by atoms with Gasteiger partial charge in [-0.05, 0) is 44.1 Å². The van der Waals surface area contributed by atoms with Gasteiger partial charge in [0.15, 0.2) is 0 Å². The van der Waals surface area contributed by atoms with Crippen LogP contribution >= 0.6 is 15.9 Å². The van der Waals surface area contributed by atoms with E-state index >= 15 is 0 Å². The molecule has 1 aliphatic heterocycles. The van der Waals surface area contributed by atoms with Crippen molar-refractivity contribution in [3.05, 3.63) is 53.0 Å². The number of piperazine rings is 1. The highest BCUT2D eigenvalue weighted by atomic mass is 79.9. The molecule has 1 fully saturated rings. The van der Waals surface area contributed by atoms with Crippen LogP contribution in [0.15, 0.2) is 53.0 Å². The Morgan fingerprint density at radius 3 is 2.26 bits per heavy atom. The molecule has 0 spiro atoms. The molecule has 3 nitrogen and oxygen atoms in total. The Morgan fingerprint density at radius 2 is 1.48 bits per heavy atom. The van der Waals surface area contributed by atoms with Gasteiger partial charge in [0.2, 0.25) is 0 Å². The Morgan fingerprint density at radius 1 is 0.815 bits per heavy atom. The second-order valence-corrected chi connectivity index (χ2v) is 8.24. The van der Waals surface area contributed by atoms with Crippen LogP contribution in [-0.2, 0) is 0 Å². The standard InChI is InChI=1S/C23H31BrN2O/c1-25-15-17-26(18-16-25)14-8-2-3-9-19-27-23-13-7-5-11-21(23)20-10-4-6-12-22(20)24/h4-7,10-13H,2-3,8-9,14-19H2,1H3. The molecular formula is C23H31BrN2O. The van der Waals surface area contributed by atoms with E-state index in [-0.39, 0.29) is 0 Å². The fourth-order valence-corrected chi connectivity index (χ4v) is 4.04. The normalized spacial score (nSPS) is 15.8. The lowest BCUT2D eigenvalue weighted by Gasteiger charge is -2.32. The van der Waals surface area contributed by atoms with Crippen LogP contribution < -0.4 is 4.74 Å². The van der Waals surface area contributed by atoms with E-state index in [1.807, 2.05) is 12.1 Å². The zero-order valence-electron chi connectivity index (χ0n) is 16.4. The maximum Gasteiger partial charge on any atom is 0.127 e. The van der Waals surface area contributed by atoms with Crippen molar-refractivity contribution in [2.75, 3.05) is 46.4 Å². The van der Waals surface area contributed by atoms with Gasteiger partial charge in [-0.25, -0.2) is 0 Å². The van der Waals surface area contributed by atoms with E-state index in [1.165, 1.54) is 57.5 Å². The average Bonchev–Trinajstić information content (AvgIpc) is 2.69. The summed E-state index contributed by atoms with van der Waals surface area (Å²) >= 11 is 3.65. The van der Waals surface area contributed by atoms with E-state index < -0.39 is 0 Å². The van der Waals surface area contributed by atoms with Crippen molar-refractivity contribution in [1.82, 2.24) is 9.80 Å². The molecule has 0 bridgehead atoms. The minimum atomic E-state index is 0.788. The Balaban J connectivity index is 1.37. The number of rotatable bonds is 9. The van der Waals surface area contributed by atoms with Gasteiger partial charge in [-0.3, -0.25) is 0 Å². The molecule has 4 heteroatoms. The molecule has 0 radical (unpaired) electrons. The topological polar surface area (TPSA) is 15.7 Å². The zero-order chi connectivity index (χ0) is 18.9. The number of nitrogens with zero attached hydrogens (tertiary/aromatic N) is 2. The van der Waals surface area contributed by atoms with Gasteiger partial charge < -0.3 is 14.5 Å². The number of halogens is 1. The molecule has 0 saturated carbocycles. The molecule has 0 aromatic heterocycles. The van der Waals surface area contributed by atoms with Gasteiger partial charge in [0.1, 0.15) is 5.75 Å². The molecule has 27 heavy (non-hydrogen) atoms. The van der Waals surface area contributed by atoms with E-state index in [1.54, 1.807) is 0 Å². The average molecular weight is 431 g/mol. The third-order valence-corrected chi connectivity index (χ3v) is 5.96. The monoisotopic (exact) mass is 430 g/mol. The molecule has 0 atom stereocenters. The smallest absolute Gasteiger partial charge is 0.127 e. The van der Waals surface area contributed by atoms with Gasteiger partial charge >= 0.3 is 0 Å². The first-order chi connectivity index (χ1) is 13.2. The van der Waals surface area contributed by atoms with Gasteiger partial charge in [0, 0.05) is 36.2 Å². The second kappa shape index (κ2) is 10.8. The number of ether oxygens (including phenoxy) is 1. The Kier molecular flexibility index (Phi) is 8.18. The van der Waals surface area contributed by atoms with Crippen LogP contribution in [0.5, 0.6) is 5.75 Å². The molecule has 0 amide bonds. The summed E-state index contributed by atoms with van der Waals surface area (Å²) in [7, 11) is 2.21. The summed E-state index contributed by atoms with van der Waals surface area (Å²) in [6, 6.07) is 16.6. The third kappa shape index (κ3) is 6.34. The largest absolute Gasteiger partial charge is 0.493 e. The fourth-order valence-electron chi connectivity index (χ4n) is 3.54. The lowest BCUT2D eigenvalue weighted by molar-refractivity contribution is 0.151. The minimum Gasteiger partial charge on any atom is -0.493 e. The number of benzene rings is 2. The van der Waals surface area contributed by atoms with E-state index in [9.17, 15) is 0 Å². The predicted octanol–water partition coefficient (Wildman–Crippen LogP) is 5.30. The van der Waals surface area contributed by atoms with Crippen molar-refractivity contribution in [3.8, 4) is 16.9 Å². The minimum absolute atomic E-state index is 0.788. The van der Waals surface area contributed by atoms with Gasteiger partial charge in [-0.2, -0.15) is 0 Å². The van der Waals surface area contributed by atoms with E-state index in [0.29, 0.717) is 0 Å². The Bertz CT molecular complexity index is 698. The Hall–Kier alpha value is -1.36. The number of hydrogen-bond acceptors (Lipinski definition) is 3. The summed E-state index contributed by atoms with van der Waals surface area (Å²) in [4.78, 5) is 5.02. The van der Waals surface area contributed by atoms with Crippen LogP contribution in [0, 0.1) is 0 Å². The van der Waals surface area contributed by atoms with Crippen LogP contribution in [0.1, 0.15) is 25.7 Å². The van der Waals surface area contributed by atoms with Gasteiger partial charge in [-0.1, -0.05) is 65.2 Å². The van der Waals surface area contributed by atoms with Crippen molar-refractivity contribution < 1.29 is 4.74 Å². The van der Waals surface area contributed by atoms with Crippen LogP contribution in [0.4, 0.5) is 0 Å². The summed E-state index contributed by atoms with van der Waals surface area (Å²) in [6.45, 7) is 6.92. The molecule has 1 saturated heterocycles. The molecule has 0 aliphatic carbocycles. The van der Waals surface area contributed by atoms with Crippen molar-refractivity contribution in [1.29, 1.82) is 0 Å². The third-order valence-electron chi connectivity index (χ3n) is 5.27. The van der Waals surface area contributed by atoms with Gasteiger partial charge in [-0.15, -0.1) is 0 Å². The summed E-state index contributed by atoms with van der Waals surface area (Å²) in [5.41, 5.74) is 2.33. The van der Waals surface area contributed by atoms with Crippen molar-refractivity contribution >= 4 is 15.9 Å². The summed E-state index contributed by atoms with van der Waals surface area (Å²) in [5, 5.41) is 0. The maximum atomic E-state index is 6.12. The fraction of sp³-hybridized carbons (Fsp3) is 0.478. The molecule has 2 aromatic carbocycles. The highest BCUT2D eigenvalue weighted by molar-refractivity contribution is 9.10. The molecule has 2 aromatic rings. The van der Waals surface area contributed by atoms with E-state index in [2.05, 4.69) is 69.2 Å². The zero-order valence-corrected chi connectivity index (χ0v) is 18.0. The SMILES string of the molecule is CN1CCN(CCCCCCOc2ccccc2-c2ccccc2Br)CC1. The predicted molar refractivity (Wildman–Crippen MR) is 117 cm³/mol. The first-order valence-corrected chi connectivity index (χ1v) is 10.9. The van der Waals surface area contributed by atoms with Gasteiger partial charge in [0.25, 0.3) is 0 Å². The highest BCUT2D eigenvalue weighted by Crippen LogP contribution is 2.34. The van der Waals surface area contributed by atoms with Crippen LogP contribution in [0.3, 0.4) is 0 Å². The van der Waals surface area contributed by atoms with Crippen molar-refractivity contribution in [2.45, 2.75) is 25.7 Å². The number of para-hydroxylation sites is 1. The van der Waals surface area contributed by atoms with Crippen LogP contribution in [0.2, 0.25) is 0 Å². The molecule has 0 unspecified atom stereocenters. The Labute approximate surface area is 172 Å². The lowest BCUT2D eigenvalue weighted by Crippen LogP contribution is -2.44. The maximum absolute atomic E-state index is 6.12. The van der Waals surface area contributed by atoms with Crippen LogP contribution in [0.25, 0.3) is 11.1 Å². The first-order valence-electron chi connectivity index (χ1n) is 10.1.